The molecule has 3 heteroatoms. The summed E-state index contributed by atoms with van der Waals surface area (Å²) in [6.45, 7) is 16.6. The SMILES string of the molecule is CCCOCCN1CC(CC(C)C)NCC1(CC)CC. The van der Waals surface area contributed by atoms with E-state index in [0.717, 1.165) is 38.6 Å². The van der Waals surface area contributed by atoms with Crippen molar-refractivity contribution in [3.63, 3.8) is 0 Å². The van der Waals surface area contributed by atoms with E-state index < -0.39 is 0 Å². The van der Waals surface area contributed by atoms with Crippen LogP contribution in [-0.2, 0) is 4.74 Å². The molecule has 1 atom stereocenters. The summed E-state index contributed by atoms with van der Waals surface area (Å²) in [5, 5.41) is 3.79. The van der Waals surface area contributed by atoms with Gasteiger partial charge in [0.25, 0.3) is 0 Å². The third kappa shape index (κ3) is 5.01. The summed E-state index contributed by atoms with van der Waals surface area (Å²) >= 11 is 0. The minimum atomic E-state index is 0.336. The average Bonchev–Trinajstić information content (AvgIpc) is 2.44. The van der Waals surface area contributed by atoms with Gasteiger partial charge in [-0.15, -0.1) is 0 Å². The molecule has 0 amide bonds. The zero-order chi connectivity index (χ0) is 15.0. The highest BCUT2D eigenvalue weighted by Gasteiger charge is 2.38. The van der Waals surface area contributed by atoms with Gasteiger partial charge in [-0.2, -0.15) is 0 Å². The van der Waals surface area contributed by atoms with Gasteiger partial charge >= 0.3 is 0 Å². The van der Waals surface area contributed by atoms with Crippen LogP contribution in [0.25, 0.3) is 0 Å². The Kier molecular flexibility index (Phi) is 8.08. The first-order chi connectivity index (χ1) is 9.57. The van der Waals surface area contributed by atoms with Crippen LogP contribution in [0, 0.1) is 5.92 Å². The predicted molar refractivity (Wildman–Crippen MR) is 87.2 cm³/mol. The first-order valence-electron chi connectivity index (χ1n) is 8.64. The molecule has 0 aromatic carbocycles. The Bertz CT molecular complexity index is 251. The van der Waals surface area contributed by atoms with Crippen molar-refractivity contribution in [1.29, 1.82) is 0 Å². The minimum absolute atomic E-state index is 0.336. The Morgan fingerprint density at radius 1 is 1.20 bits per heavy atom. The lowest BCUT2D eigenvalue weighted by Crippen LogP contribution is -2.64. The minimum Gasteiger partial charge on any atom is -0.380 e. The summed E-state index contributed by atoms with van der Waals surface area (Å²) in [5.74, 6) is 0.765. The Hall–Kier alpha value is -0.120. The van der Waals surface area contributed by atoms with Gasteiger partial charge in [0.05, 0.1) is 6.61 Å². The maximum Gasteiger partial charge on any atom is 0.0593 e. The van der Waals surface area contributed by atoms with E-state index in [4.69, 9.17) is 4.74 Å². The quantitative estimate of drug-likeness (QED) is 0.658. The number of nitrogens with zero attached hydrogens (tertiary/aromatic N) is 1. The van der Waals surface area contributed by atoms with Crippen LogP contribution < -0.4 is 5.32 Å². The van der Waals surface area contributed by atoms with E-state index in [9.17, 15) is 0 Å². The molecule has 1 N–H and O–H groups in total. The monoisotopic (exact) mass is 284 g/mol. The van der Waals surface area contributed by atoms with Crippen LogP contribution in [0.4, 0.5) is 0 Å². The molecular formula is C17H36N2O. The predicted octanol–water partition coefficient (Wildman–Crippen LogP) is 3.29. The van der Waals surface area contributed by atoms with Crippen molar-refractivity contribution in [2.24, 2.45) is 5.92 Å². The van der Waals surface area contributed by atoms with Gasteiger partial charge in [0.15, 0.2) is 0 Å². The second-order valence-corrected chi connectivity index (χ2v) is 6.70. The second-order valence-electron chi connectivity index (χ2n) is 6.70. The van der Waals surface area contributed by atoms with Crippen LogP contribution in [0.2, 0.25) is 0 Å². The third-order valence-corrected chi connectivity index (χ3v) is 4.76. The average molecular weight is 284 g/mol. The fraction of sp³-hybridized carbons (Fsp3) is 1.00. The topological polar surface area (TPSA) is 24.5 Å². The van der Waals surface area contributed by atoms with Crippen molar-refractivity contribution in [3.8, 4) is 0 Å². The van der Waals surface area contributed by atoms with Gasteiger partial charge in [0, 0.05) is 37.8 Å². The first kappa shape index (κ1) is 17.9. The van der Waals surface area contributed by atoms with Crippen molar-refractivity contribution in [3.05, 3.63) is 0 Å². The summed E-state index contributed by atoms with van der Waals surface area (Å²) in [6, 6.07) is 0.646. The van der Waals surface area contributed by atoms with Crippen molar-refractivity contribution in [2.45, 2.75) is 71.9 Å². The molecule has 0 spiro atoms. The van der Waals surface area contributed by atoms with E-state index >= 15 is 0 Å². The van der Waals surface area contributed by atoms with E-state index in [1.165, 1.54) is 25.8 Å². The highest BCUT2D eigenvalue weighted by molar-refractivity contribution is 4.97. The maximum absolute atomic E-state index is 5.72. The van der Waals surface area contributed by atoms with E-state index in [2.05, 4.69) is 44.8 Å². The molecular weight excluding hydrogens is 248 g/mol. The van der Waals surface area contributed by atoms with Crippen LogP contribution >= 0.6 is 0 Å². The van der Waals surface area contributed by atoms with Crippen molar-refractivity contribution in [1.82, 2.24) is 10.2 Å². The second kappa shape index (κ2) is 9.01. The number of hydrogen-bond acceptors (Lipinski definition) is 3. The molecule has 1 rings (SSSR count). The standard InChI is InChI=1S/C17H36N2O/c1-6-10-20-11-9-19-13-16(12-15(4)5)18-14-17(19,7-2)8-3/h15-16,18H,6-14H2,1-5H3. The molecule has 1 heterocycles. The molecule has 0 saturated carbocycles. The largest absolute Gasteiger partial charge is 0.380 e. The van der Waals surface area contributed by atoms with Gasteiger partial charge < -0.3 is 10.1 Å². The molecule has 3 nitrogen and oxygen atoms in total. The van der Waals surface area contributed by atoms with Crippen LogP contribution in [0.3, 0.4) is 0 Å². The number of ether oxygens (including phenoxy) is 1. The molecule has 120 valence electrons. The summed E-state index contributed by atoms with van der Waals surface area (Å²) in [6.07, 6.45) is 4.83. The molecule has 0 bridgehead atoms. The fourth-order valence-electron chi connectivity index (χ4n) is 3.39. The lowest BCUT2D eigenvalue weighted by molar-refractivity contribution is 0.00195. The normalized spacial score (nSPS) is 23.4. The van der Waals surface area contributed by atoms with Gasteiger partial charge in [-0.3, -0.25) is 4.90 Å². The highest BCUT2D eigenvalue weighted by Crippen LogP contribution is 2.28. The van der Waals surface area contributed by atoms with Crippen LogP contribution in [0.15, 0.2) is 0 Å². The van der Waals surface area contributed by atoms with Crippen LogP contribution in [0.5, 0.6) is 0 Å². The Labute approximate surface area is 126 Å². The smallest absolute Gasteiger partial charge is 0.0593 e. The van der Waals surface area contributed by atoms with Gasteiger partial charge in [-0.05, 0) is 31.6 Å². The van der Waals surface area contributed by atoms with Gasteiger partial charge in [-0.25, -0.2) is 0 Å². The molecule has 1 aliphatic rings. The van der Waals surface area contributed by atoms with Gasteiger partial charge in [0.1, 0.15) is 0 Å². The van der Waals surface area contributed by atoms with E-state index in [1.807, 2.05) is 0 Å². The fourth-order valence-corrected chi connectivity index (χ4v) is 3.39. The number of rotatable bonds is 9. The van der Waals surface area contributed by atoms with E-state index in [-0.39, 0.29) is 0 Å². The molecule has 0 aromatic rings. The van der Waals surface area contributed by atoms with Crippen LogP contribution in [-0.4, -0.2) is 49.3 Å². The zero-order valence-corrected chi connectivity index (χ0v) is 14.4. The molecule has 1 fully saturated rings. The lowest BCUT2D eigenvalue weighted by atomic mass is 9.86. The number of piperazine rings is 1. The van der Waals surface area contributed by atoms with Crippen molar-refractivity contribution in [2.75, 3.05) is 32.8 Å². The number of nitrogens with one attached hydrogen (secondary N) is 1. The Morgan fingerprint density at radius 3 is 2.45 bits per heavy atom. The first-order valence-corrected chi connectivity index (χ1v) is 8.64. The summed E-state index contributed by atoms with van der Waals surface area (Å²) in [4.78, 5) is 2.70. The molecule has 0 aromatic heterocycles. The Balaban J connectivity index is 2.58. The van der Waals surface area contributed by atoms with Gasteiger partial charge in [-0.1, -0.05) is 34.6 Å². The van der Waals surface area contributed by atoms with Crippen molar-refractivity contribution >= 4 is 0 Å². The maximum atomic E-state index is 5.72. The number of hydrogen-bond donors (Lipinski definition) is 1. The molecule has 0 aliphatic carbocycles. The third-order valence-electron chi connectivity index (χ3n) is 4.76. The summed E-state index contributed by atoms with van der Waals surface area (Å²) in [7, 11) is 0. The molecule has 20 heavy (non-hydrogen) atoms. The van der Waals surface area contributed by atoms with E-state index in [0.29, 0.717) is 11.6 Å². The molecule has 1 unspecified atom stereocenters. The Morgan fingerprint density at radius 2 is 1.90 bits per heavy atom. The summed E-state index contributed by atoms with van der Waals surface area (Å²) in [5.41, 5.74) is 0.336. The highest BCUT2D eigenvalue weighted by atomic mass is 16.5. The zero-order valence-electron chi connectivity index (χ0n) is 14.4. The lowest BCUT2D eigenvalue weighted by Gasteiger charge is -2.50. The van der Waals surface area contributed by atoms with Crippen LogP contribution in [0.1, 0.15) is 60.3 Å². The van der Waals surface area contributed by atoms with Gasteiger partial charge in [0.2, 0.25) is 0 Å². The van der Waals surface area contributed by atoms with Crippen molar-refractivity contribution < 1.29 is 4.74 Å². The molecule has 0 radical (unpaired) electrons. The summed E-state index contributed by atoms with van der Waals surface area (Å²) < 4.78 is 5.72. The molecule has 1 aliphatic heterocycles. The van der Waals surface area contributed by atoms with E-state index in [1.54, 1.807) is 0 Å². The molecule has 1 saturated heterocycles.